The van der Waals surface area contributed by atoms with Crippen molar-refractivity contribution in [2.45, 2.75) is 12.1 Å². The molecule has 0 aliphatic carbocycles. The molecule has 154 valence electrons. The van der Waals surface area contributed by atoms with Gasteiger partial charge < -0.3 is 14.5 Å². The summed E-state index contributed by atoms with van der Waals surface area (Å²) in [6.07, 6.45) is 6.89. The van der Waals surface area contributed by atoms with Crippen molar-refractivity contribution in [3.8, 4) is 0 Å². The van der Waals surface area contributed by atoms with Crippen molar-refractivity contribution in [3.05, 3.63) is 89.4 Å². The lowest BCUT2D eigenvalue weighted by Crippen LogP contribution is -2.52. The lowest BCUT2D eigenvalue weighted by Gasteiger charge is -2.37. The highest BCUT2D eigenvalue weighted by atomic mass is 35.5. The Kier molecular flexibility index (Phi) is 5.97. The highest BCUT2D eigenvalue weighted by Gasteiger charge is 2.32. The third-order valence-electron chi connectivity index (χ3n) is 5.28. The summed E-state index contributed by atoms with van der Waals surface area (Å²) in [7, 11) is 1.93. The smallest absolute Gasteiger partial charge is 0.201 e. The van der Waals surface area contributed by atoms with Crippen LogP contribution in [0.1, 0.15) is 22.0 Å². The minimum atomic E-state index is -0.612. The van der Waals surface area contributed by atoms with Crippen LogP contribution in [0.25, 0.3) is 0 Å². The number of likely N-dealkylation sites (N-methyl/N-ethyl adjacent to an activating group) is 1. The van der Waals surface area contributed by atoms with Gasteiger partial charge >= 0.3 is 0 Å². The van der Waals surface area contributed by atoms with Crippen molar-refractivity contribution < 1.29 is 9.53 Å². The Morgan fingerprint density at radius 3 is 2.77 bits per heavy atom. The van der Waals surface area contributed by atoms with E-state index in [2.05, 4.69) is 16.5 Å². The minimum absolute atomic E-state index is 0.121. The monoisotopic (exact) mass is 422 g/mol. The Labute approximate surface area is 181 Å². The van der Waals surface area contributed by atoms with E-state index in [9.17, 15) is 4.79 Å². The second-order valence-corrected chi connectivity index (χ2v) is 7.62. The molecular formula is C23H23ClN4O2. The lowest BCUT2D eigenvalue weighted by atomic mass is 10.0. The van der Waals surface area contributed by atoms with Crippen LogP contribution in [0, 0.1) is 0 Å². The number of ether oxygens (including phenoxy) is 1. The van der Waals surface area contributed by atoms with Crippen molar-refractivity contribution in [1.82, 2.24) is 14.8 Å². The number of morpholine rings is 1. The SMILES string of the molecule is C=C1C=CC(c2ccncc2)N=C(N2CCOC(C(=O)c3ccccc3Cl)C2)N1C. The van der Waals surface area contributed by atoms with Crippen molar-refractivity contribution in [2.24, 2.45) is 4.99 Å². The van der Waals surface area contributed by atoms with Gasteiger partial charge in [0.05, 0.1) is 24.2 Å². The van der Waals surface area contributed by atoms with Gasteiger partial charge in [-0.3, -0.25) is 9.78 Å². The number of carbonyl (C=O) groups is 1. The Morgan fingerprint density at radius 1 is 1.23 bits per heavy atom. The predicted molar refractivity (Wildman–Crippen MR) is 118 cm³/mol. The van der Waals surface area contributed by atoms with Gasteiger partial charge in [0, 0.05) is 37.2 Å². The number of aromatic nitrogens is 1. The highest BCUT2D eigenvalue weighted by molar-refractivity contribution is 6.34. The van der Waals surface area contributed by atoms with Crippen LogP contribution in [0.15, 0.2) is 78.2 Å². The maximum atomic E-state index is 13.0. The molecule has 2 unspecified atom stereocenters. The van der Waals surface area contributed by atoms with Gasteiger partial charge in [0.2, 0.25) is 5.96 Å². The third kappa shape index (κ3) is 4.15. The first kappa shape index (κ1) is 20.3. The van der Waals surface area contributed by atoms with Crippen LogP contribution in [-0.2, 0) is 4.74 Å². The maximum Gasteiger partial charge on any atom is 0.201 e. The molecule has 3 heterocycles. The zero-order chi connectivity index (χ0) is 21.1. The van der Waals surface area contributed by atoms with Crippen molar-refractivity contribution in [2.75, 3.05) is 26.7 Å². The average Bonchev–Trinajstić information content (AvgIpc) is 2.93. The summed E-state index contributed by atoms with van der Waals surface area (Å²) in [5.74, 6) is 0.636. The summed E-state index contributed by atoms with van der Waals surface area (Å²) in [5.41, 5.74) is 2.34. The van der Waals surface area contributed by atoms with E-state index < -0.39 is 6.10 Å². The lowest BCUT2D eigenvalue weighted by molar-refractivity contribution is 0.000451. The second-order valence-electron chi connectivity index (χ2n) is 7.21. The molecule has 2 atom stereocenters. The molecule has 0 bridgehead atoms. The number of benzene rings is 1. The van der Waals surface area contributed by atoms with E-state index in [0.29, 0.717) is 30.3 Å². The van der Waals surface area contributed by atoms with E-state index in [-0.39, 0.29) is 11.8 Å². The fourth-order valence-electron chi connectivity index (χ4n) is 3.56. The molecule has 2 aliphatic rings. The Hall–Kier alpha value is -2.96. The zero-order valence-electron chi connectivity index (χ0n) is 16.7. The van der Waals surface area contributed by atoms with Gasteiger partial charge in [0.1, 0.15) is 6.10 Å². The topological polar surface area (TPSA) is 58.0 Å². The molecule has 0 amide bonds. The number of hydrogen-bond donors (Lipinski definition) is 0. The molecule has 1 aromatic carbocycles. The van der Waals surface area contributed by atoms with Crippen LogP contribution < -0.4 is 0 Å². The zero-order valence-corrected chi connectivity index (χ0v) is 17.5. The molecule has 7 heteroatoms. The fourth-order valence-corrected chi connectivity index (χ4v) is 3.79. The number of carbonyl (C=O) groups excluding carboxylic acids is 1. The van der Waals surface area contributed by atoms with Gasteiger partial charge in [0.25, 0.3) is 0 Å². The van der Waals surface area contributed by atoms with Crippen LogP contribution >= 0.6 is 11.6 Å². The normalized spacial score (nSPS) is 21.9. The van der Waals surface area contributed by atoms with Gasteiger partial charge in [-0.25, -0.2) is 4.99 Å². The van der Waals surface area contributed by atoms with E-state index in [4.69, 9.17) is 21.3 Å². The van der Waals surface area contributed by atoms with E-state index in [1.807, 2.05) is 36.2 Å². The number of rotatable bonds is 3. The Balaban J connectivity index is 1.61. The summed E-state index contributed by atoms with van der Waals surface area (Å²) in [4.78, 5) is 26.1. The number of ketones is 1. The number of allylic oxidation sites excluding steroid dienone is 1. The molecular weight excluding hydrogens is 400 g/mol. The van der Waals surface area contributed by atoms with Gasteiger partial charge in [-0.05, 0) is 35.9 Å². The Morgan fingerprint density at radius 2 is 2.00 bits per heavy atom. The first-order chi connectivity index (χ1) is 14.5. The number of guanidine groups is 1. The highest BCUT2D eigenvalue weighted by Crippen LogP contribution is 2.26. The van der Waals surface area contributed by atoms with Crippen LogP contribution in [-0.4, -0.2) is 59.4 Å². The second kappa shape index (κ2) is 8.81. The van der Waals surface area contributed by atoms with Crippen molar-refractivity contribution in [1.29, 1.82) is 0 Å². The molecule has 1 saturated heterocycles. The number of halogens is 1. The third-order valence-corrected chi connectivity index (χ3v) is 5.61. The first-order valence-corrected chi connectivity index (χ1v) is 10.2. The molecule has 0 saturated carbocycles. The summed E-state index contributed by atoms with van der Waals surface area (Å²) >= 11 is 6.23. The van der Waals surface area contributed by atoms with Crippen LogP contribution in [0.4, 0.5) is 0 Å². The predicted octanol–water partition coefficient (Wildman–Crippen LogP) is 3.73. The Bertz CT molecular complexity index is 1010. The standard InChI is InChI=1S/C23H23ClN4O2/c1-16-7-8-20(17-9-11-25-12-10-17)26-23(27(16)2)28-13-14-30-21(15-28)22(29)18-5-3-4-6-19(18)24/h3-12,20-21H,1,13-15H2,2H3. The van der Waals surface area contributed by atoms with Crippen LogP contribution in [0.5, 0.6) is 0 Å². The quantitative estimate of drug-likeness (QED) is 0.705. The summed E-state index contributed by atoms with van der Waals surface area (Å²) in [5, 5.41) is 0.433. The molecule has 2 aliphatic heterocycles. The maximum absolute atomic E-state index is 13.0. The number of pyridine rings is 1. The van der Waals surface area contributed by atoms with E-state index in [0.717, 1.165) is 17.2 Å². The number of hydrogen-bond acceptors (Lipinski definition) is 6. The molecule has 2 aromatic rings. The minimum Gasteiger partial charge on any atom is -0.366 e. The number of nitrogens with zero attached hydrogens (tertiary/aromatic N) is 4. The summed E-state index contributed by atoms with van der Waals surface area (Å²) in [6.45, 7) is 5.59. The molecule has 0 N–H and O–H groups in total. The van der Waals surface area contributed by atoms with Gasteiger partial charge in [0.15, 0.2) is 5.78 Å². The first-order valence-electron chi connectivity index (χ1n) is 9.78. The van der Waals surface area contributed by atoms with Crippen LogP contribution in [0.2, 0.25) is 5.02 Å². The number of aliphatic imine (C=N–C) groups is 1. The van der Waals surface area contributed by atoms with Gasteiger partial charge in [-0.1, -0.05) is 36.4 Å². The molecule has 0 radical (unpaired) electrons. The van der Waals surface area contributed by atoms with Crippen LogP contribution in [0.3, 0.4) is 0 Å². The summed E-state index contributed by atoms with van der Waals surface area (Å²) in [6, 6.07) is 10.8. The van der Waals surface area contributed by atoms with Gasteiger partial charge in [-0.15, -0.1) is 0 Å². The summed E-state index contributed by atoms with van der Waals surface area (Å²) < 4.78 is 5.81. The molecule has 0 spiro atoms. The molecule has 1 fully saturated rings. The van der Waals surface area contributed by atoms with E-state index >= 15 is 0 Å². The van der Waals surface area contributed by atoms with Crippen molar-refractivity contribution in [3.63, 3.8) is 0 Å². The van der Waals surface area contributed by atoms with Gasteiger partial charge in [-0.2, -0.15) is 0 Å². The molecule has 30 heavy (non-hydrogen) atoms. The molecule has 1 aromatic heterocycles. The number of Topliss-reactive ketones (excluding diaryl/α,β-unsaturated/α-hetero) is 1. The van der Waals surface area contributed by atoms with E-state index in [1.165, 1.54) is 0 Å². The average molecular weight is 423 g/mol. The molecule has 4 rings (SSSR count). The molecule has 6 nitrogen and oxygen atoms in total. The largest absolute Gasteiger partial charge is 0.366 e. The van der Waals surface area contributed by atoms with Crippen molar-refractivity contribution >= 4 is 23.3 Å². The van der Waals surface area contributed by atoms with E-state index in [1.54, 1.807) is 36.7 Å². The fraction of sp³-hybridized carbons (Fsp3) is 0.261.